The van der Waals surface area contributed by atoms with Crippen molar-refractivity contribution in [1.29, 1.82) is 0 Å². The summed E-state index contributed by atoms with van der Waals surface area (Å²) >= 11 is 0. The van der Waals surface area contributed by atoms with Gasteiger partial charge in [-0.15, -0.1) is 0 Å². The zero-order valence-electron chi connectivity index (χ0n) is 7.03. The highest BCUT2D eigenvalue weighted by molar-refractivity contribution is 5.29. The van der Waals surface area contributed by atoms with E-state index in [2.05, 4.69) is 12.7 Å². The number of hydrogen-bond donors (Lipinski definition) is 1. The summed E-state index contributed by atoms with van der Waals surface area (Å²) in [5.41, 5.74) is 7.47. The standard InChI is InChI=1S/C11H13N/c1-10-6-3-2-4-8-11(12)9-5-7-10/h2-5,7-9H,1,6,12H2/b3-2-,7-5-,8-4-,11-9+. The molecule has 0 saturated heterocycles. The van der Waals surface area contributed by atoms with E-state index >= 15 is 0 Å². The lowest BCUT2D eigenvalue weighted by molar-refractivity contribution is 1.29. The molecule has 0 aromatic heterocycles. The van der Waals surface area contributed by atoms with E-state index in [4.69, 9.17) is 5.73 Å². The maximum atomic E-state index is 5.63. The molecule has 1 aliphatic carbocycles. The van der Waals surface area contributed by atoms with E-state index in [1.807, 2.05) is 36.5 Å². The number of rotatable bonds is 0. The summed E-state index contributed by atoms with van der Waals surface area (Å²) in [5.74, 6) is 0. The molecule has 12 heavy (non-hydrogen) atoms. The maximum absolute atomic E-state index is 5.63. The Morgan fingerprint density at radius 2 is 2.00 bits per heavy atom. The van der Waals surface area contributed by atoms with Crippen LogP contribution in [0.2, 0.25) is 0 Å². The van der Waals surface area contributed by atoms with Crippen LogP contribution in [0.1, 0.15) is 6.42 Å². The molecule has 0 aromatic carbocycles. The molecule has 0 unspecified atom stereocenters. The van der Waals surface area contributed by atoms with Gasteiger partial charge in [0.1, 0.15) is 0 Å². The molecule has 0 aliphatic heterocycles. The van der Waals surface area contributed by atoms with Crippen LogP contribution in [0.4, 0.5) is 0 Å². The van der Waals surface area contributed by atoms with E-state index in [1.54, 1.807) is 0 Å². The first kappa shape index (κ1) is 8.60. The Morgan fingerprint density at radius 1 is 1.17 bits per heavy atom. The zero-order chi connectivity index (χ0) is 8.81. The zero-order valence-corrected chi connectivity index (χ0v) is 7.03. The Balaban J connectivity index is 2.81. The molecular weight excluding hydrogens is 146 g/mol. The van der Waals surface area contributed by atoms with Crippen LogP contribution in [-0.2, 0) is 0 Å². The van der Waals surface area contributed by atoms with E-state index in [0.717, 1.165) is 17.7 Å². The van der Waals surface area contributed by atoms with E-state index in [0.29, 0.717) is 0 Å². The average molecular weight is 159 g/mol. The van der Waals surface area contributed by atoms with Crippen molar-refractivity contribution in [3.63, 3.8) is 0 Å². The SMILES string of the molecule is C=C1\C=C/C=C(N)\C=C/C=C\C1. The highest BCUT2D eigenvalue weighted by Gasteiger charge is 1.84. The molecule has 62 valence electrons. The Morgan fingerprint density at radius 3 is 2.83 bits per heavy atom. The van der Waals surface area contributed by atoms with E-state index < -0.39 is 0 Å². The van der Waals surface area contributed by atoms with Crippen LogP contribution in [0.3, 0.4) is 0 Å². The fraction of sp³-hybridized carbons (Fsp3) is 0.0909. The van der Waals surface area contributed by atoms with E-state index in [9.17, 15) is 0 Å². The van der Waals surface area contributed by atoms with Crippen molar-refractivity contribution in [1.82, 2.24) is 0 Å². The van der Waals surface area contributed by atoms with Crippen molar-refractivity contribution in [2.45, 2.75) is 6.42 Å². The van der Waals surface area contributed by atoms with Crippen molar-refractivity contribution in [2.75, 3.05) is 0 Å². The van der Waals surface area contributed by atoms with Crippen molar-refractivity contribution in [3.05, 3.63) is 60.4 Å². The molecule has 0 fully saturated rings. The van der Waals surface area contributed by atoms with Gasteiger partial charge in [-0.05, 0) is 18.6 Å². The van der Waals surface area contributed by atoms with Gasteiger partial charge in [0, 0.05) is 5.70 Å². The van der Waals surface area contributed by atoms with Gasteiger partial charge in [0.25, 0.3) is 0 Å². The Bertz CT molecular complexity index is 277. The topological polar surface area (TPSA) is 26.0 Å². The summed E-state index contributed by atoms with van der Waals surface area (Å²) in [7, 11) is 0. The number of allylic oxidation sites excluding steroid dienone is 8. The summed E-state index contributed by atoms with van der Waals surface area (Å²) in [4.78, 5) is 0. The lowest BCUT2D eigenvalue weighted by Crippen LogP contribution is -1.91. The second-order valence-corrected chi connectivity index (χ2v) is 2.68. The molecule has 0 saturated carbocycles. The number of nitrogens with two attached hydrogens (primary N) is 1. The van der Waals surface area contributed by atoms with Crippen LogP contribution in [0.25, 0.3) is 0 Å². The van der Waals surface area contributed by atoms with Crippen LogP contribution in [0, 0.1) is 0 Å². The van der Waals surface area contributed by atoms with Crippen molar-refractivity contribution >= 4 is 0 Å². The molecule has 0 bridgehead atoms. The normalized spacial score (nSPS) is 30.0. The molecule has 1 aliphatic rings. The van der Waals surface area contributed by atoms with Crippen LogP contribution in [0.15, 0.2) is 60.4 Å². The molecule has 0 spiro atoms. The minimum atomic E-state index is 0.755. The van der Waals surface area contributed by atoms with Gasteiger partial charge in [-0.25, -0.2) is 0 Å². The van der Waals surface area contributed by atoms with Gasteiger partial charge in [0.2, 0.25) is 0 Å². The maximum Gasteiger partial charge on any atom is 0.0313 e. The minimum absolute atomic E-state index is 0.755. The first-order valence-corrected chi connectivity index (χ1v) is 3.94. The Hall–Kier alpha value is -1.50. The second-order valence-electron chi connectivity index (χ2n) is 2.68. The monoisotopic (exact) mass is 159 g/mol. The average Bonchev–Trinajstić information content (AvgIpc) is 2.04. The van der Waals surface area contributed by atoms with Crippen LogP contribution < -0.4 is 5.73 Å². The van der Waals surface area contributed by atoms with Crippen molar-refractivity contribution in [2.24, 2.45) is 5.73 Å². The Kier molecular flexibility index (Phi) is 3.15. The lowest BCUT2D eigenvalue weighted by atomic mass is 10.1. The van der Waals surface area contributed by atoms with Crippen LogP contribution in [0.5, 0.6) is 0 Å². The highest BCUT2D eigenvalue weighted by atomic mass is 14.5. The van der Waals surface area contributed by atoms with Gasteiger partial charge in [-0.2, -0.15) is 0 Å². The molecule has 0 heterocycles. The number of hydrogen-bond acceptors (Lipinski definition) is 1. The third-order valence-electron chi connectivity index (χ3n) is 1.54. The fourth-order valence-electron chi connectivity index (χ4n) is 0.884. The Labute approximate surface area is 73.3 Å². The fourth-order valence-corrected chi connectivity index (χ4v) is 0.884. The predicted octanol–water partition coefficient (Wildman–Crippen LogP) is 2.46. The first-order chi connectivity index (χ1) is 5.79. The highest BCUT2D eigenvalue weighted by Crippen LogP contribution is 2.03. The van der Waals surface area contributed by atoms with Gasteiger partial charge in [-0.3, -0.25) is 0 Å². The molecule has 1 heteroatoms. The molecule has 0 aromatic rings. The second kappa shape index (κ2) is 4.39. The molecule has 1 rings (SSSR count). The van der Waals surface area contributed by atoms with Crippen molar-refractivity contribution < 1.29 is 0 Å². The lowest BCUT2D eigenvalue weighted by Gasteiger charge is -1.94. The van der Waals surface area contributed by atoms with Gasteiger partial charge in [0.15, 0.2) is 0 Å². The quantitative estimate of drug-likeness (QED) is 0.577. The van der Waals surface area contributed by atoms with E-state index in [-0.39, 0.29) is 0 Å². The smallest absolute Gasteiger partial charge is 0.0313 e. The molecule has 0 amide bonds. The predicted molar refractivity (Wildman–Crippen MR) is 53.4 cm³/mol. The summed E-state index contributed by atoms with van der Waals surface area (Å²) in [6, 6.07) is 0. The molecule has 2 N–H and O–H groups in total. The van der Waals surface area contributed by atoms with Gasteiger partial charge < -0.3 is 5.73 Å². The van der Waals surface area contributed by atoms with E-state index in [1.165, 1.54) is 0 Å². The van der Waals surface area contributed by atoms with Crippen molar-refractivity contribution in [3.8, 4) is 0 Å². The molecule has 0 atom stereocenters. The summed E-state index contributed by atoms with van der Waals surface area (Å²) in [6.45, 7) is 3.88. The van der Waals surface area contributed by atoms with Gasteiger partial charge in [0.05, 0.1) is 0 Å². The third-order valence-corrected chi connectivity index (χ3v) is 1.54. The van der Waals surface area contributed by atoms with Gasteiger partial charge >= 0.3 is 0 Å². The third kappa shape index (κ3) is 3.06. The molecular formula is C11H13N. The minimum Gasteiger partial charge on any atom is -0.399 e. The summed E-state index contributed by atoms with van der Waals surface area (Å²) < 4.78 is 0. The molecule has 1 nitrogen and oxygen atoms in total. The largest absolute Gasteiger partial charge is 0.399 e. The summed E-state index contributed by atoms with van der Waals surface area (Å²) in [5, 5.41) is 0. The van der Waals surface area contributed by atoms with Gasteiger partial charge in [-0.1, -0.05) is 42.5 Å². The summed E-state index contributed by atoms with van der Waals surface area (Å²) in [6.07, 6.45) is 14.5. The first-order valence-electron chi connectivity index (χ1n) is 3.94. The van der Waals surface area contributed by atoms with Crippen LogP contribution in [-0.4, -0.2) is 0 Å². The molecule has 0 radical (unpaired) electrons. The van der Waals surface area contributed by atoms with Crippen LogP contribution >= 0.6 is 0 Å².